The Kier molecular flexibility index (Phi) is 54.2. The monoisotopic (exact) mass is 1980 g/mol. The van der Waals surface area contributed by atoms with Crippen molar-refractivity contribution in [3.63, 3.8) is 0 Å². The number of imide groups is 1. The van der Waals surface area contributed by atoms with Crippen molar-refractivity contribution in [2.75, 3.05) is 378 Å². The summed E-state index contributed by atoms with van der Waals surface area (Å²) in [6, 6.07) is 16.2. The van der Waals surface area contributed by atoms with Gasteiger partial charge in [-0.15, -0.1) is 0 Å². The molecule has 774 valence electrons. The molecule has 3 aromatic carbocycles. The summed E-state index contributed by atoms with van der Waals surface area (Å²) in [6.45, 7) is 24.1. The van der Waals surface area contributed by atoms with Gasteiger partial charge >= 0.3 is 16.4 Å². The molecule has 2 atom stereocenters. The fourth-order valence-corrected chi connectivity index (χ4v) is 16.5. The Balaban J connectivity index is 0.437. The molecule has 7 heterocycles. The van der Waals surface area contributed by atoms with Crippen molar-refractivity contribution in [1.29, 1.82) is 0 Å². The normalized spacial score (nSPS) is 16.4. The first-order valence-corrected chi connectivity index (χ1v) is 49.0. The number of benzene rings is 3. The van der Waals surface area contributed by atoms with Crippen LogP contribution in [0.25, 0.3) is 22.2 Å². The summed E-state index contributed by atoms with van der Waals surface area (Å²) in [4.78, 5) is 84.0. The first kappa shape index (κ1) is 112. The van der Waals surface area contributed by atoms with Gasteiger partial charge in [0, 0.05) is 125 Å². The topological polar surface area (TPSA) is 401 Å². The number of H-pyrrole nitrogens is 1. The number of ketones is 1. The Morgan fingerprint density at radius 1 is 0.464 bits per heavy atom. The molecule has 5 aromatic rings. The van der Waals surface area contributed by atoms with Crippen molar-refractivity contribution in [3.05, 3.63) is 107 Å². The molecule has 44 heteroatoms. The minimum absolute atomic E-state index is 0.0136. The number of carbonyl (C=O) groups is 5. The fraction of sp³-hybridized carbons (Fsp3) is 0.681. The first-order valence-electron chi connectivity index (χ1n) is 47.6. The van der Waals surface area contributed by atoms with Gasteiger partial charge < -0.3 is 133 Å². The van der Waals surface area contributed by atoms with Crippen LogP contribution in [0, 0.1) is 17.6 Å². The Labute approximate surface area is 805 Å². The molecule has 138 heavy (non-hydrogen) atoms. The van der Waals surface area contributed by atoms with E-state index in [9.17, 15) is 36.8 Å². The third-order valence-corrected chi connectivity index (χ3v) is 24.1. The SMILES string of the molecule is COCCOCCOCCOCCOCCOCCOCCOCCOCCOCCOCCOCCOCCOCCOCCOCCOCCOCCOCCOCCOCCOCCOC(=O)OCN1C(=O)CCC(N2Cc3cc(N4CCC(CN5CCN(c6ccc(-c7cnc8[nH]cc(C(=O)c9c(F)ccc(NS(=O)(=O)N%10CC[C@@H](F)C%10)c9F)c8c7)cc6)CC5)CC4)ccc3C2=O)C1=O. The van der Waals surface area contributed by atoms with Crippen LogP contribution in [0.5, 0.6) is 0 Å². The van der Waals surface area contributed by atoms with Crippen molar-refractivity contribution in [1.82, 2.24) is 29.0 Å². The minimum atomic E-state index is -4.39. The van der Waals surface area contributed by atoms with Gasteiger partial charge in [0.15, 0.2) is 12.5 Å². The first-order chi connectivity index (χ1) is 67.6. The summed E-state index contributed by atoms with van der Waals surface area (Å²) in [5, 5.41) is 0.311. The zero-order valence-corrected chi connectivity index (χ0v) is 80.2. The maximum absolute atomic E-state index is 15.9. The third-order valence-electron chi connectivity index (χ3n) is 22.6. The van der Waals surface area contributed by atoms with E-state index < -0.39 is 82.3 Å². The number of hydrogen-bond donors (Lipinski definition) is 2. The van der Waals surface area contributed by atoms with Crippen LogP contribution < -0.4 is 14.5 Å². The van der Waals surface area contributed by atoms with E-state index in [1.165, 1.54) is 11.1 Å². The number of piperidine rings is 2. The molecule has 0 spiro atoms. The number of carbonyl (C=O) groups excluding carboxylic acids is 5. The number of likely N-dealkylation sites (tertiary alicyclic amines) is 1. The molecule has 0 aliphatic carbocycles. The molecule has 0 radical (unpaired) electrons. The molecule has 5 aliphatic rings. The van der Waals surface area contributed by atoms with Crippen LogP contribution in [0.2, 0.25) is 0 Å². The van der Waals surface area contributed by atoms with Crippen molar-refractivity contribution in [2.24, 2.45) is 5.92 Å². The largest absolute Gasteiger partial charge is 0.510 e. The van der Waals surface area contributed by atoms with Gasteiger partial charge in [-0.05, 0) is 91.3 Å². The summed E-state index contributed by atoms with van der Waals surface area (Å²) in [7, 11) is -2.75. The quantitative estimate of drug-likeness (QED) is 0.0193. The van der Waals surface area contributed by atoms with E-state index in [1.54, 1.807) is 19.4 Å². The number of pyridine rings is 1. The molecular formula is C94H140F3N9O31S. The van der Waals surface area contributed by atoms with Crippen molar-refractivity contribution >= 4 is 68.0 Å². The molecule has 0 saturated carbocycles. The lowest BCUT2D eigenvalue weighted by atomic mass is 9.95. The highest BCUT2D eigenvalue weighted by Gasteiger charge is 2.44. The predicted octanol–water partition coefficient (Wildman–Crippen LogP) is 6.06. The van der Waals surface area contributed by atoms with Crippen LogP contribution >= 0.6 is 0 Å². The van der Waals surface area contributed by atoms with Gasteiger partial charge in [-0.25, -0.2) is 27.8 Å². The Hall–Kier alpha value is -7.92. The second-order valence-electron chi connectivity index (χ2n) is 32.3. The lowest BCUT2D eigenvalue weighted by molar-refractivity contribution is -0.157. The highest BCUT2D eigenvalue weighted by molar-refractivity contribution is 7.90. The highest BCUT2D eigenvalue weighted by atomic mass is 32.2. The highest BCUT2D eigenvalue weighted by Crippen LogP contribution is 2.36. The Bertz CT molecular complexity index is 4380. The van der Waals surface area contributed by atoms with Crippen LogP contribution in [0.1, 0.15) is 63.9 Å². The molecule has 2 aromatic heterocycles. The van der Waals surface area contributed by atoms with E-state index in [0.717, 1.165) is 102 Å². The maximum atomic E-state index is 15.9. The summed E-state index contributed by atoms with van der Waals surface area (Å²) < 4.78 is 205. The van der Waals surface area contributed by atoms with E-state index in [0.29, 0.717) is 292 Å². The van der Waals surface area contributed by atoms with Crippen LogP contribution in [-0.4, -0.2) is 443 Å². The number of aromatic nitrogens is 2. The van der Waals surface area contributed by atoms with Gasteiger partial charge in [0.1, 0.15) is 30.3 Å². The molecule has 0 bridgehead atoms. The van der Waals surface area contributed by atoms with Crippen molar-refractivity contribution in [3.8, 4) is 11.1 Å². The molecule has 1 unspecified atom stereocenters. The Morgan fingerprint density at radius 3 is 1.31 bits per heavy atom. The average Bonchev–Trinajstić information content (AvgIpc) is 1.64. The number of nitrogens with one attached hydrogen (secondary N) is 2. The van der Waals surface area contributed by atoms with Gasteiger partial charge in [0.05, 0.1) is 295 Å². The number of halogens is 3. The lowest BCUT2D eigenvalue weighted by Gasteiger charge is -2.40. The number of fused-ring (bicyclic) bond motifs is 2. The number of anilines is 3. The zero-order chi connectivity index (χ0) is 97.1. The number of piperazine rings is 1. The molecule has 2 N–H and O–H groups in total. The molecule has 4 fully saturated rings. The van der Waals surface area contributed by atoms with E-state index >= 15 is 8.78 Å². The summed E-state index contributed by atoms with van der Waals surface area (Å²) >= 11 is 0. The number of hydrogen-bond acceptors (Lipinski definition) is 35. The third kappa shape index (κ3) is 41.2. The number of ether oxygens (including phenoxy) is 24. The van der Waals surface area contributed by atoms with Crippen LogP contribution in [0.15, 0.2) is 73.1 Å². The van der Waals surface area contributed by atoms with Crippen LogP contribution in [0.4, 0.5) is 35.0 Å². The van der Waals surface area contributed by atoms with Crippen molar-refractivity contribution in [2.45, 2.75) is 50.9 Å². The minimum Gasteiger partial charge on any atom is -0.432 e. The molecule has 40 nitrogen and oxygen atoms in total. The Morgan fingerprint density at radius 2 is 0.884 bits per heavy atom. The smallest absolute Gasteiger partial charge is 0.432 e. The van der Waals surface area contributed by atoms with Gasteiger partial charge in [-0.1, -0.05) is 12.1 Å². The molecule has 5 aliphatic heterocycles. The van der Waals surface area contributed by atoms with Gasteiger partial charge in [0.25, 0.3) is 11.8 Å². The van der Waals surface area contributed by atoms with Gasteiger partial charge in [-0.2, -0.15) is 12.7 Å². The van der Waals surface area contributed by atoms with E-state index in [2.05, 4.69) is 24.7 Å². The summed E-state index contributed by atoms with van der Waals surface area (Å²) in [5.41, 5.74) is 3.43. The number of methoxy groups -OCH3 is 1. The second-order valence-corrected chi connectivity index (χ2v) is 33.9. The molecule has 4 saturated heterocycles. The number of aromatic amines is 1. The zero-order valence-electron chi connectivity index (χ0n) is 79.4. The van der Waals surface area contributed by atoms with E-state index in [-0.39, 0.29) is 70.3 Å². The fourth-order valence-electron chi connectivity index (χ4n) is 15.2. The number of rotatable bonds is 79. The molecule has 3 amide bonds. The van der Waals surface area contributed by atoms with E-state index in [4.69, 9.17) is 114 Å². The standard InChI is InChI=1S/C94H140F3N9O31S/c1-114-22-23-115-24-25-116-26-27-117-28-29-118-30-31-119-32-33-120-34-35-121-36-37-122-38-39-123-40-41-124-42-43-125-44-45-126-46-47-127-48-49-128-50-51-129-52-53-130-54-55-131-56-57-132-58-59-133-60-61-134-62-63-135-64-65-136-94(111)137-73-106-87(107)11-10-86(93(106)110)105-71-77-66-80(6-7-81(77)92(105)109)102-15-12-74(13-16-102)70-101-18-20-103(21-19-101)79-4-2-75(3-5-79)76-67-82-83(69-99-91(82)98-68-76)90(108)88-84(96)8-9-85(89(88)97)100-138(112,113)104-17-14-78(95)72-104/h2-9,66-69,74,78,86,100H,10-65,70-73H2,1H3,(H,98,99)/t78-,86?/m1/s1. The lowest BCUT2D eigenvalue weighted by Crippen LogP contribution is -2.55. The van der Waals surface area contributed by atoms with Crippen LogP contribution in [-0.2, 0) is 140 Å². The van der Waals surface area contributed by atoms with E-state index in [1.807, 2.05) is 47.2 Å². The summed E-state index contributed by atoms with van der Waals surface area (Å²) in [5.74, 6) is -4.57. The van der Waals surface area contributed by atoms with Crippen molar-refractivity contribution < 1.29 is 159 Å². The van der Waals surface area contributed by atoms with Crippen LogP contribution in [0.3, 0.4) is 0 Å². The number of amides is 3. The maximum Gasteiger partial charge on any atom is 0.510 e. The molecular weight excluding hydrogens is 1840 g/mol. The predicted molar refractivity (Wildman–Crippen MR) is 496 cm³/mol. The molecule has 10 rings (SSSR count). The second kappa shape index (κ2) is 66.8. The van der Waals surface area contributed by atoms with Gasteiger partial charge in [0.2, 0.25) is 11.7 Å². The van der Waals surface area contributed by atoms with Gasteiger partial charge in [-0.3, -0.25) is 28.8 Å². The summed E-state index contributed by atoms with van der Waals surface area (Å²) in [6.07, 6.45) is 2.56. The average molecular weight is 1980 g/mol. The number of nitrogens with zero attached hydrogens (tertiary/aromatic N) is 7. The number of alkyl halides is 1.